The third-order valence-electron chi connectivity index (χ3n) is 3.33. The minimum atomic E-state index is 0.352. The number of rotatable bonds is 5. The van der Waals surface area contributed by atoms with Crippen LogP contribution in [0.3, 0.4) is 0 Å². The molecule has 0 aliphatic carbocycles. The molecule has 0 radical (unpaired) electrons. The van der Waals surface area contributed by atoms with E-state index in [1.165, 1.54) is 11.1 Å². The SMILES string of the molecule is CCNC(Cc1ccc(C)cc1)C1CSCCO1. The number of ether oxygens (including phenoxy) is 1. The minimum Gasteiger partial charge on any atom is -0.375 e. The van der Waals surface area contributed by atoms with Crippen molar-refractivity contribution >= 4 is 11.8 Å². The molecule has 0 bridgehead atoms. The van der Waals surface area contributed by atoms with Crippen molar-refractivity contribution in [3.05, 3.63) is 35.4 Å². The van der Waals surface area contributed by atoms with E-state index in [9.17, 15) is 0 Å². The number of nitrogens with one attached hydrogen (secondary N) is 1. The van der Waals surface area contributed by atoms with E-state index in [0.29, 0.717) is 12.1 Å². The first kappa shape index (κ1) is 13.9. The molecule has 2 unspecified atom stereocenters. The van der Waals surface area contributed by atoms with E-state index >= 15 is 0 Å². The van der Waals surface area contributed by atoms with Crippen molar-refractivity contribution in [1.29, 1.82) is 0 Å². The van der Waals surface area contributed by atoms with Gasteiger partial charge in [-0.1, -0.05) is 36.8 Å². The standard InChI is InChI=1S/C15H23NOS/c1-3-16-14(15-11-18-9-8-17-15)10-13-6-4-12(2)5-7-13/h4-7,14-16H,3,8-11H2,1-2H3. The van der Waals surface area contributed by atoms with Crippen LogP contribution in [0, 0.1) is 6.92 Å². The predicted molar refractivity (Wildman–Crippen MR) is 79.4 cm³/mol. The molecule has 0 aromatic heterocycles. The highest BCUT2D eigenvalue weighted by Crippen LogP contribution is 2.18. The van der Waals surface area contributed by atoms with Gasteiger partial charge in [0.2, 0.25) is 0 Å². The Kier molecular flexibility index (Phi) is 5.54. The molecule has 1 aromatic rings. The fourth-order valence-corrected chi connectivity index (χ4v) is 3.26. The fourth-order valence-electron chi connectivity index (χ4n) is 2.31. The van der Waals surface area contributed by atoms with Gasteiger partial charge < -0.3 is 10.1 Å². The highest BCUT2D eigenvalue weighted by Gasteiger charge is 2.24. The number of likely N-dealkylation sites (N-methyl/N-ethyl adjacent to an activating group) is 1. The maximum absolute atomic E-state index is 5.91. The number of aryl methyl sites for hydroxylation is 1. The fraction of sp³-hybridized carbons (Fsp3) is 0.600. The van der Waals surface area contributed by atoms with Gasteiger partial charge in [-0.25, -0.2) is 0 Å². The summed E-state index contributed by atoms with van der Waals surface area (Å²) in [5.41, 5.74) is 2.72. The van der Waals surface area contributed by atoms with Crippen LogP contribution in [0.5, 0.6) is 0 Å². The van der Waals surface area contributed by atoms with Crippen molar-refractivity contribution in [2.75, 3.05) is 24.7 Å². The quantitative estimate of drug-likeness (QED) is 0.884. The van der Waals surface area contributed by atoms with Gasteiger partial charge >= 0.3 is 0 Å². The maximum Gasteiger partial charge on any atom is 0.0821 e. The van der Waals surface area contributed by atoms with E-state index in [2.05, 4.69) is 43.4 Å². The Morgan fingerprint density at radius 2 is 2.17 bits per heavy atom. The molecule has 0 amide bonds. The van der Waals surface area contributed by atoms with Crippen LogP contribution >= 0.6 is 11.8 Å². The zero-order valence-electron chi connectivity index (χ0n) is 11.3. The third-order valence-corrected chi connectivity index (χ3v) is 4.35. The van der Waals surface area contributed by atoms with Crippen LogP contribution in [0.4, 0.5) is 0 Å². The first-order valence-corrected chi connectivity index (χ1v) is 7.93. The van der Waals surface area contributed by atoms with E-state index in [4.69, 9.17) is 4.74 Å². The Hall–Kier alpha value is -0.510. The van der Waals surface area contributed by atoms with Gasteiger partial charge in [0.25, 0.3) is 0 Å². The van der Waals surface area contributed by atoms with E-state index < -0.39 is 0 Å². The lowest BCUT2D eigenvalue weighted by Gasteiger charge is -2.31. The number of thioether (sulfide) groups is 1. The Morgan fingerprint density at radius 3 is 2.78 bits per heavy atom. The smallest absolute Gasteiger partial charge is 0.0821 e. The molecule has 2 rings (SSSR count). The van der Waals surface area contributed by atoms with Crippen LogP contribution in [0.2, 0.25) is 0 Å². The second-order valence-electron chi connectivity index (χ2n) is 4.84. The predicted octanol–water partition coefficient (Wildman–Crippen LogP) is 2.65. The summed E-state index contributed by atoms with van der Waals surface area (Å²) in [6.45, 7) is 6.19. The van der Waals surface area contributed by atoms with Crippen LogP contribution in [0.25, 0.3) is 0 Å². The molecule has 1 aliphatic rings. The van der Waals surface area contributed by atoms with Gasteiger partial charge in [-0.05, 0) is 25.5 Å². The van der Waals surface area contributed by atoms with E-state index in [-0.39, 0.29) is 0 Å². The molecule has 1 saturated heterocycles. The van der Waals surface area contributed by atoms with Gasteiger partial charge in [0, 0.05) is 17.5 Å². The van der Waals surface area contributed by atoms with E-state index in [0.717, 1.165) is 31.1 Å². The first-order valence-electron chi connectivity index (χ1n) is 6.78. The molecule has 1 fully saturated rings. The summed E-state index contributed by atoms with van der Waals surface area (Å²) in [5.74, 6) is 2.25. The Balaban J connectivity index is 1.98. The Bertz CT molecular complexity index is 346. The van der Waals surface area contributed by atoms with Crippen LogP contribution in [0.15, 0.2) is 24.3 Å². The van der Waals surface area contributed by atoms with Crippen LogP contribution in [-0.4, -0.2) is 36.8 Å². The number of hydrogen-bond donors (Lipinski definition) is 1. The monoisotopic (exact) mass is 265 g/mol. The molecule has 1 aliphatic heterocycles. The Morgan fingerprint density at radius 1 is 1.39 bits per heavy atom. The Labute approximate surface area is 114 Å². The average molecular weight is 265 g/mol. The van der Waals surface area contributed by atoms with Crippen molar-refractivity contribution in [3.63, 3.8) is 0 Å². The van der Waals surface area contributed by atoms with Crippen LogP contribution in [0.1, 0.15) is 18.1 Å². The molecule has 1 N–H and O–H groups in total. The lowest BCUT2D eigenvalue weighted by Crippen LogP contribution is -2.46. The van der Waals surface area contributed by atoms with E-state index in [1.807, 2.05) is 11.8 Å². The minimum absolute atomic E-state index is 0.352. The van der Waals surface area contributed by atoms with Gasteiger partial charge in [0.1, 0.15) is 0 Å². The molecule has 0 saturated carbocycles. The molecule has 3 heteroatoms. The second kappa shape index (κ2) is 7.17. The zero-order chi connectivity index (χ0) is 12.8. The maximum atomic E-state index is 5.91. The zero-order valence-corrected chi connectivity index (χ0v) is 12.1. The summed E-state index contributed by atoms with van der Waals surface area (Å²) < 4.78 is 5.91. The summed E-state index contributed by atoms with van der Waals surface area (Å²) in [6.07, 6.45) is 1.41. The van der Waals surface area contributed by atoms with Crippen molar-refractivity contribution in [1.82, 2.24) is 5.32 Å². The number of hydrogen-bond acceptors (Lipinski definition) is 3. The molecule has 1 aromatic carbocycles. The van der Waals surface area contributed by atoms with Crippen molar-refractivity contribution in [3.8, 4) is 0 Å². The topological polar surface area (TPSA) is 21.3 Å². The second-order valence-corrected chi connectivity index (χ2v) is 5.99. The molecular weight excluding hydrogens is 242 g/mol. The third kappa shape index (κ3) is 4.01. The van der Waals surface area contributed by atoms with Gasteiger partial charge in [0.15, 0.2) is 0 Å². The molecule has 2 nitrogen and oxygen atoms in total. The lowest BCUT2D eigenvalue weighted by atomic mass is 10.0. The normalized spacial score (nSPS) is 21.8. The van der Waals surface area contributed by atoms with E-state index in [1.54, 1.807) is 0 Å². The van der Waals surface area contributed by atoms with Gasteiger partial charge in [-0.3, -0.25) is 0 Å². The number of benzene rings is 1. The molecule has 18 heavy (non-hydrogen) atoms. The largest absolute Gasteiger partial charge is 0.375 e. The van der Waals surface area contributed by atoms with Crippen molar-refractivity contribution in [2.24, 2.45) is 0 Å². The van der Waals surface area contributed by atoms with Gasteiger partial charge in [-0.15, -0.1) is 0 Å². The lowest BCUT2D eigenvalue weighted by molar-refractivity contribution is 0.0476. The summed E-state index contributed by atoms with van der Waals surface area (Å²) >= 11 is 2.01. The van der Waals surface area contributed by atoms with Crippen molar-refractivity contribution in [2.45, 2.75) is 32.4 Å². The van der Waals surface area contributed by atoms with Gasteiger partial charge in [0.05, 0.1) is 12.7 Å². The average Bonchev–Trinajstić information content (AvgIpc) is 2.42. The molecular formula is C15H23NOS. The summed E-state index contributed by atoms with van der Waals surface area (Å²) in [5, 5.41) is 3.58. The van der Waals surface area contributed by atoms with Crippen LogP contribution in [-0.2, 0) is 11.2 Å². The first-order chi connectivity index (χ1) is 8.79. The molecule has 0 spiro atoms. The molecule has 2 atom stereocenters. The van der Waals surface area contributed by atoms with Crippen LogP contribution < -0.4 is 5.32 Å². The summed E-state index contributed by atoms with van der Waals surface area (Å²) in [4.78, 5) is 0. The van der Waals surface area contributed by atoms with Crippen molar-refractivity contribution < 1.29 is 4.74 Å². The molecule has 1 heterocycles. The highest BCUT2D eigenvalue weighted by molar-refractivity contribution is 7.99. The molecule has 100 valence electrons. The highest BCUT2D eigenvalue weighted by atomic mass is 32.2. The van der Waals surface area contributed by atoms with Gasteiger partial charge in [-0.2, -0.15) is 11.8 Å². The summed E-state index contributed by atoms with van der Waals surface area (Å²) in [7, 11) is 0. The summed E-state index contributed by atoms with van der Waals surface area (Å²) in [6, 6.07) is 9.28.